The molecular weight excluding hydrogens is 164 g/mol. The molecular formula is C11H16O2. The summed E-state index contributed by atoms with van der Waals surface area (Å²) in [5.74, 6) is 0.847. The molecule has 0 aliphatic rings. The summed E-state index contributed by atoms with van der Waals surface area (Å²) in [6.07, 6.45) is 0.664. The molecule has 0 heterocycles. The van der Waals surface area contributed by atoms with Crippen LogP contribution in [0.15, 0.2) is 24.3 Å². The Labute approximate surface area is 79.2 Å². The highest BCUT2D eigenvalue weighted by molar-refractivity contribution is 5.27. The van der Waals surface area contributed by atoms with Crippen molar-refractivity contribution in [1.29, 1.82) is 0 Å². The molecule has 0 fully saturated rings. The van der Waals surface area contributed by atoms with Crippen molar-refractivity contribution in [2.45, 2.75) is 25.9 Å². The van der Waals surface area contributed by atoms with Crippen molar-refractivity contribution in [1.82, 2.24) is 0 Å². The second-order valence-corrected chi connectivity index (χ2v) is 3.84. The van der Waals surface area contributed by atoms with Gasteiger partial charge in [0, 0.05) is 6.42 Å². The summed E-state index contributed by atoms with van der Waals surface area (Å²) in [6, 6.07) is 7.75. The van der Waals surface area contributed by atoms with Gasteiger partial charge in [-0.15, -0.1) is 0 Å². The Bertz CT molecular complexity index is 256. The van der Waals surface area contributed by atoms with Crippen molar-refractivity contribution >= 4 is 0 Å². The highest BCUT2D eigenvalue weighted by Crippen LogP contribution is 2.16. The highest BCUT2D eigenvalue weighted by Gasteiger charge is 2.12. The van der Waals surface area contributed by atoms with Crippen molar-refractivity contribution < 1.29 is 9.84 Å². The third-order valence-electron chi connectivity index (χ3n) is 1.80. The predicted octanol–water partition coefficient (Wildman–Crippen LogP) is 2.01. The van der Waals surface area contributed by atoms with Crippen molar-refractivity contribution in [3.8, 4) is 5.75 Å². The van der Waals surface area contributed by atoms with Crippen LogP contribution in [0.25, 0.3) is 0 Å². The smallest absolute Gasteiger partial charge is 0.118 e. The number of methoxy groups -OCH3 is 1. The number of ether oxygens (including phenoxy) is 1. The van der Waals surface area contributed by atoms with E-state index in [1.807, 2.05) is 24.3 Å². The third-order valence-corrected chi connectivity index (χ3v) is 1.80. The first-order chi connectivity index (χ1) is 6.01. The van der Waals surface area contributed by atoms with Crippen LogP contribution in [0.4, 0.5) is 0 Å². The minimum Gasteiger partial charge on any atom is -0.497 e. The predicted molar refractivity (Wildman–Crippen MR) is 53.0 cm³/mol. The zero-order valence-electron chi connectivity index (χ0n) is 8.37. The van der Waals surface area contributed by atoms with Gasteiger partial charge in [-0.25, -0.2) is 0 Å². The van der Waals surface area contributed by atoms with E-state index >= 15 is 0 Å². The normalized spacial score (nSPS) is 11.4. The molecule has 13 heavy (non-hydrogen) atoms. The molecule has 0 aromatic heterocycles. The van der Waals surface area contributed by atoms with Crippen LogP contribution >= 0.6 is 0 Å². The van der Waals surface area contributed by atoms with Gasteiger partial charge in [0.1, 0.15) is 5.75 Å². The fourth-order valence-corrected chi connectivity index (χ4v) is 1.24. The largest absolute Gasteiger partial charge is 0.497 e. The maximum absolute atomic E-state index is 9.57. The first-order valence-electron chi connectivity index (χ1n) is 4.36. The average molecular weight is 180 g/mol. The van der Waals surface area contributed by atoms with Crippen molar-refractivity contribution in [3.63, 3.8) is 0 Å². The molecule has 0 spiro atoms. The molecule has 0 unspecified atom stereocenters. The molecule has 72 valence electrons. The van der Waals surface area contributed by atoms with E-state index in [1.165, 1.54) is 0 Å². The van der Waals surface area contributed by atoms with Crippen LogP contribution in [0.2, 0.25) is 0 Å². The lowest BCUT2D eigenvalue weighted by atomic mass is 9.99. The van der Waals surface area contributed by atoms with Crippen LogP contribution in [0, 0.1) is 0 Å². The summed E-state index contributed by atoms with van der Waals surface area (Å²) >= 11 is 0. The number of hydrogen-bond donors (Lipinski definition) is 1. The summed E-state index contributed by atoms with van der Waals surface area (Å²) in [4.78, 5) is 0. The van der Waals surface area contributed by atoms with Crippen LogP contribution in [0.5, 0.6) is 5.75 Å². The van der Waals surface area contributed by atoms with Crippen molar-refractivity contribution in [3.05, 3.63) is 29.8 Å². The quantitative estimate of drug-likeness (QED) is 0.771. The van der Waals surface area contributed by atoms with Gasteiger partial charge in [0.25, 0.3) is 0 Å². The fraction of sp³-hybridized carbons (Fsp3) is 0.455. The standard InChI is InChI=1S/C11H16O2/c1-11(2,12)8-9-4-6-10(13-3)7-5-9/h4-7,12H,8H2,1-3H3. The van der Waals surface area contributed by atoms with E-state index in [1.54, 1.807) is 21.0 Å². The van der Waals surface area contributed by atoms with E-state index in [9.17, 15) is 5.11 Å². The Hall–Kier alpha value is -1.02. The number of rotatable bonds is 3. The van der Waals surface area contributed by atoms with Crippen LogP contribution in [0.3, 0.4) is 0 Å². The molecule has 0 saturated carbocycles. The maximum atomic E-state index is 9.57. The van der Waals surface area contributed by atoms with Gasteiger partial charge >= 0.3 is 0 Å². The monoisotopic (exact) mass is 180 g/mol. The molecule has 0 saturated heterocycles. The fourth-order valence-electron chi connectivity index (χ4n) is 1.24. The average Bonchev–Trinajstić information content (AvgIpc) is 2.03. The molecule has 0 bridgehead atoms. The second-order valence-electron chi connectivity index (χ2n) is 3.84. The molecule has 2 heteroatoms. The van der Waals surface area contributed by atoms with Gasteiger partial charge in [-0.1, -0.05) is 12.1 Å². The molecule has 0 amide bonds. The Morgan fingerprint density at radius 3 is 2.15 bits per heavy atom. The van der Waals surface area contributed by atoms with E-state index in [-0.39, 0.29) is 0 Å². The lowest BCUT2D eigenvalue weighted by molar-refractivity contribution is 0.0810. The minimum atomic E-state index is -0.644. The molecule has 1 rings (SSSR count). The second kappa shape index (κ2) is 3.79. The van der Waals surface area contributed by atoms with E-state index < -0.39 is 5.60 Å². The van der Waals surface area contributed by atoms with Gasteiger partial charge in [0.05, 0.1) is 12.7 Å². The molecule has 2 nitrogen and oxygen atoms in total. The van der Waals surface area contributed by atoms with Crippen LogP contribution in [-0.4, -0.2) is 17.8 Å². The topological polar surface area (TPSA) is 29.5 Å². The zero-order chi connectivity index (χ0) is 9.90. The Balaban J connectivity index is 2.70. The Kier molecular flexibility index (Phi) is 2.94. The summed E-state index contributed by atoms with van der Waals surface area (Å²) in [7, 11) is 1.64. The number of hydrogen-bond acceptors (Lipinski definition) is 2. The number of benzene rings is 1. The van der Waals surface area contributed by atoms with E-state index in [4.69, 9.17) is 4.74 Å². The first-order valence-corrected chi connectivity index (χ1v) is 4.36. The zero-order valence-corrected chi connectivity index (χ0v) is 8.37. The molecule has 1 N–H and O–H groups in total. The Morgan fingerprint density at radius 2 is 1.77 bits per heavy atom. The Morgan fingerprint density at radius 1 is 1.23 bits per heavy atom. The third kappa shape index (κ3) is 3.47. The van der Waals surface area contributed by atoms with Crippen LogP contribution in [-0.2, 0) is 6.42 Å². The molecule has 0 radical (unpaired) electrons. The molecule has 0 aliphatic heterocycles. The van der Waals surface area contributed by atoms with Gasteiger partial charge < -0.3 is 9.84 Å². The van der Waals surface area contributed by atoms with Crippen LogP contribution in [0.1, 0.15) is 19.4 Å². The highest BCUT2D eigenvalue weighted by atomic mass is 16.5. The van der Waals surface area contributed by atoms with E-state index in [0.29, 0.717) is 6.42 Å². The van der Waals surface area contributed by atoms with Gasteiger partial charge in [-0.05, 0) is 31.5 Å². The number of aliphatic hydroxyl groups is 1. The molecule has 1 aromatic carbocycles. The SMILES string of the molecule is COc1ccc(CC(C)(C)O)cc1. The van der Waals surface area contributed by atoms with Gasteiger partial charge in [-0.2, -0.15) is 0 Å². The molecule has 0 atom stereocenters. The summed E-state index contributed by atoms with van der Waals surface area (Å²) < 4.78 is 5.04. The lowest BCUT2D eigenvalue weighted by Crippen LogP contribution is -2.21. The molecule has 0 aliphatic carbocycles. The first kappa shape index (κ1) is 10.1. The minimum absolute atomic E-state index is 0.644. The van der Waals surface area contributed by atoms with Crippen LogP contribution < -0.4 is 4.74 Å². The maximum Gasteiger partial charge on any atom is 0.118 e. The van der Waals surface area contributed by atoms with Gasteiger partial charge in [-0.3, -0.25) is 0 Å². The summed E-state index contributed by atoms with van der Waals surface area (Å²) in [5.41, 5.74) is 0.475. The van der Waals surface area contributed by atoms with Crippen molar-refractivity contribution in [2.75, 3.05) is 7.11 Å². The van der Waals surface area contributed by atoms with Crippen molar-refractivity contribution in [2.24, 2.45) is 0 Å². The van der Waals surface area contributed by atoms with Gasteiger partial charge in [0.15, 0.2) is 0 Å². The van der Waals surface area contributed by atoms with E-state index in [2.05, 4.69) is 0 Å². The lowest BCUT2D eigenvalue weighted by Gasteiger charge is -2.16. The molecule has 1 aromatic rings. The van der Waals surface area contributed by atoms with Gasteiger partial charge in [0.2, 0.25) is 0 Å². The summed E-state index contributed by atoms with van der Waals surface area (Å²) in [5, 5.41) is 9.57. The van der Waals surface area contributed by atoms with E-state index in [0.717, 1.165) is 11.3 Å². The summed E-state index contributed by atoms with van der Waals surface area (Å²) in [6.45, 7) is 3.61.